The zero-order valence-corrected chi connectivity index (χ0v) is 14.8. The van der Waals surface area contributed by atoms with Crippen molar-refractivity contribution in [2.75, 3.05) is 26.0 Å². The average Bonchev–Trinajstić information content (AvgIpc) is 2.59. The highest BCUT2D eigenvalue weighted by Gasteiger charge is 2.28. The molecule has 0 bridgehead atoms. The molecule has 0 aromatic heterocycles. The molecular weight excluding hydrogens is 314 g/mol. The highest BCUT2D eigenvalue weighted by atomic mass is 32.2. The number of ether oxygens (including phenoxy) is 1. The van der Waals surface area contributed by atoms with Crippen molar-refractivity contribution < 1.29 is 18.3 Å². The summed E-state index contributed by atoms with van der Waals surface area (Å²) in [5.74, 6) is 0.607. The van der Waals surface area contributed by atoms with Crippen LogP contribution in [0.25, 0.3) is 0 Å². The third-order valence-corrected chi connectivity index (χ3v) is 6.27. The van der Waals surface area contributed by atoms with E-state index in [-0.39, 0.29) is 17.9 Å². The van der Waals surface area contributed by atoms with Gasteiger partial charge >= 0.3 is 0 Å². The average molecular weight is 341 g/mol. The van der Waals surface area contributed by atoms with Crippen LogP contribution < -0.4 is 4.74 Å². The van der Waals surface area contributed by atoms with Crippen molar-refractivity contribution in [3.05, 3.63) is 24.3 Å². The summed E-state index contributed by atoms with van der Waals surface area (Å²) in [5, 5.41) is 10.2. The molecule has 1 N–H and O–H groups in total. The molecule has 23 heavy (non-hydrogen) atoms. The first-order chi connectivity index (χ1) is 11.0. The molecule has 1 aromatic rings. The summed E-state index contributed by atoms with van der Waals surface area (Å²) in [6.45, 7) is 3.28. The summed E-state index contributed by atoms with van der Waals surface area (Å²) >= 11 is 0. The molecule has 0 amide bonds. The highest BCUT2D eigenvalue weighted by Crippen LogP contribution is 2.23. The van der Waals surface area contributed by atoms with Crippen LogP contribution in [0.2, 0.25) is 0 Å². The summed E-state index contributed by atoms with van der Waals surface area (Å²) in [6.07, 6.45) is 3.42. The van der Waals surface area contributed by atoms with Crippen LogP contribution >= 0.6 is 0 Å². The van der Waals surface area contributed by atoms with Crippen molar-refractivity contribution in [3.63, 3.8) is 0 Å². The topological polar surface area (TPSA) is 66.8 Å². The highest BCUT2D eigenvalue weighted by molar-refractivity contribution is 7.91. The van der Waals surface area contributed by atoms with Crippen LogP contribution in [0.5, 0.6) is 5.75 Å². The van der Waals surface area contributed by atoms with Gasteiger partial charge in [0.05, 0.1) is 23.9 Å². The van der Waals surface area contributed by atoms with E-state index in [4.69, 9.17) is 4.74 Å². The van der Waals surface area contributed by atoms with Crippen molar-refractivity contribution in [1.82, 2.24) is 4.90 Å². The zero-order valence-electron chi connectivity index (χ0n) is 13.9. The fraction of sp³-hybridized carbons (Fsp3) is 0.647. The van der Waals surface area contributed by atoms with Crippen LogP contribution in [0.3, 0.4) is 0 Å². The summed E-state index contributed by atoms with van der Waals surface area (Å²) in [5.41, 5.74) is 0. The van der Waals surface area contributed by atoms with Crippen LogP contribution in [0.1, 0.15) is 32.6 Å². The zero-order chi connectivity index (χ0) is 16.9. The molecule has 1 aliphatic rings. The van der Waals surface area contributed by atoms with E-state index in [1.807, 2.05) is 6.92 Å². The van der Waals surface area contributed by atoms with Gasteiger partial charge in [-0.05, 0) is 44.0 Å². The number of piperidine rings is 1. The lowest BCUT2D eigenvalue weighted by Crippen LogP contribution is -2.48. The molecule has 2 atom stereocenters. The lowest BCUT2D eigenvalue weighted by atomic mass is 9.96. The number of sulfone groups is 1. The Hall–Kier alpha value is -1.11. The predicted molar refractivity (Wildman–Crippen MR) is 90.6 cm³/mol. The van der Waals surface area contributed by atoms with Crippen molar-refractivity contribution in [2.45, 2.75) is 49.6 Å². The van der Waals surface area contributed by atoms with Gasteiger partial charge in [0.1, 0.15) is 5.75 Å². The molecule has 0 radical (unpaired) electrons. The van der Waals surface area contributed by atoms with Crippen molar-refractivity contribution in [1.29, 1.82) is 0 Å². The Labute approximate surface area is 139 Å². The fourth-order valence-electron chi connectivity index (χ4n) is 3.15. The molecule has 1 fully saturated rings. The SMILES string of the molecule is CC[C@@H](O)[C@@H]1CCCCN1CCS(=O)(=O)c1cccc(OC)c1. The van der Waals surface area contributed by atoms with Gasteiger partial charge in [-0.1, -0.05) is 19.4 Å². The Balaban J connectivity index is 2.05. The second kappa shape index (κ2) is 8.13. The van der Waals surface area contributed by atoms with E-state index in [1.165, 1.54) is 7.11 Å². The largest absolute Gasteiger partial charge is 0.497 e. The van der Waals surface area contributed by atoms with E-state index in [9.17, 15) is 13.5 Å². The Morgan fingerprint density at radius 3 is 2.87 bits per heavy atom. The number of likely N-dealkylation sites (tertiary alicyclic amines) is 1. The molecule has 1 saturated heterocycles. The van der Waals surface area contributed by atoms with Gasteiger partial charge in [-0.3, -0.25) is 4.90 Å². The van der Waals surface area contributed by atoms with Gasteiger partial charge in [0, 0.05) is 12.6 Å². The fourth-order valence-corrected chi connectivity index (χ4v) is 4.44. The minimum Gasteiger partial charge on any atom is -0.497 e. The van der Waals surface area contributed by atoms with Gasteiger partial charge in [-0.15, -0.1) is 0 Å². The number of benzene rings is 1. The molecule has 2 rings (SSSR count). The van der Waals surface area contributed by atoms with Crippen molar-refractivity contribution in [3.8, 4) is 5.75 Å². The van der Waals surface area contributed by atoms with Crippen LogP contribution in [0.4, 0.5) is 0 Å². The number of aliphatic hydroxyl groups excluding tert-OH is 1. The van der Waals surface area contributed by atoms with Crippen molar-refractivity contribution >= 4 is 9.84 Å². The van der Waals surface area contributed by atoms with Crippen LogP contribution in [0, 0.1) is 0 Å². The van der Waals surface area contributed by atoms with E-state index < -0.39 is 9.84 Å². The smallest absolute Gasteiger partial charge is 0.179 e. The Morgan fingerprint density at radius 1 is 1.39 bits per heavy atom. The van der Waals surface area contributed by atoms with E-state index in [1.54, 1.807) is 24.3 Å². The lowest BCUT2D eigenvalue weighted by molar-refractivity contribution is 0.0275. The molecule has 130 valence electrons. The summed E-state index contributed by atoms with van der Waals surface area (Å²) < 4.78 is 30.2. The number of nitrogens with zero attached hydrogens (tertiary/aromatic N) is 1. The van der Waals surface area contributed by atoms with Crippen LogP contribution in [0.15, 0.2) is 29.2 Å². The van der Waals surface area contributed by atoms with Gasteiger partial charge in [0.15, 0.2) is 9.84 Å². The molecule has 5 nitrogen and oxygen atoms in total. The molecule has 0 spiro atoms. The van der Waals surface area contributed by atoms with E-state index >= 15 is 0 Å². The number of aliphatic hydroxyl groups is 1. The van der Waals surface area contributed by atoms with Gasteiger partial charge in [-0.25, -0.2) is 8.42 Å². The second-order valence-electron chi connectivity index (χ2n) is 6.07. The first-order valence-electron chi connectivity index (χ1n) is 8.27. The maximum Gasteiger partial charge on any atom is 0.179 e. The van der Waals surface area contributed by atoms with E-state index in [0.29, 0.717) is 23.6 Å². The number of hydrogen-bond donors (Lipinski definition) is 1. The summed E-state index contributed by atoms with van der Waals surface area (Å²) in [6, 6.07) is 6.67. The molecule has 1 heterocycles. The standard InChI is InChI=1S/C17H27NO4S/c1-3-17(19)16-9-4-5-10-18(16)11-12-23(20,21)15-8-6-7-14(13-15)22-2/h6-8,13,16-17,19H,3-5,9-12H2,1-2H3/t16-,17+/m0/s1. The minimum atomic E-state index is -3.35. The molecule has 1 aromatic carbocycles. The molecule has 0 aliphatic carbocycles. The van der Waals surface area contributed by atoms with Crippen LogP contribution in [-0.4, -0.2) is 56.5 Å². The van der Waals surface area contributed by atoms with E-state index in [0.717, 1.165) is 25.8 Å². The van der Waals surface area contributed by atoms with E-state index in [2.05, 4.69) is 4.90 Å². The maximum atomic E-state index is 12.5. The third-order valence-electron chi connectivity index (χ3n) is 4.57. The molecular formula is C17H27NO4S. The molecule has 0 saturated carbocycles. The maximum absolute atomic E-state index is 12.5. The quantitative estimate of drug-likeness (QED) is 0.823. The number of methoxy groups -OCH3 is 1. The molecule has 0 unspecified atom stereocenters. The second-order valence-corrected chi connectivity index (χ2v) is 8.18. The molecule has 6 heteroatoms. The van der Waals surface area contributed by atoms with Crippen LogP contribution in [-0.2, 0) is 9.84 Å². The summed E-state index contributed by atoms with van der Waals surface area (Å²) in [7, 11) is -1.83. The number of rotatable bonds is 7. The van der Waals surface area contributed by atoms with Gasteiger partial charge in [-0.2, -0.15) is 0 Å². The monoisotopic (exact) mass is 341 g/mol. The normalized spacial score (nSPS) is 21.1. The third kappa shape index (κ3) is 4.68. The first-order valence-corrected chi connectivity index (χ1v) is 9.92. The Morgan fingerprint density at radius 2 is 2.17 bits per heavy atom. The first kappa shape index (κ1) is 18.2. The number of hydrogen-bond acceptors (Lipinski definition) is 5. The van der Waals surface area contributed by atoms with Crippen molar-refractivity contribution in [2.24, 2.45) is 0 Å². The van der Waals surface area contributed by atoms with Gasteiger partial charge < -0.3 is 9.84 Å². The molecule has 1 aliphatic heterocycles. The predicted octanol–water partition coefficient (Wildman–Crippen LogP) is 2.09. The van der Waals surface area contributed by atoms with Gasteiger partial charge in [0.2, 0.25) is 0 Å². The Bertz CT molecular complexity index is 602. The van der Waals surface area contributed by atoms with Gasteiger partial charge in [0.25, 0.3) is 0 Å². The Kier molecular flexibility index (Phi) is 6.44. The lowest BCUT2D eigenvalue weighted by Gasteiger charge is -2.38. The minimum absolute atomic E-state index is 0.0626. The summed E-state index contributed by atoms with van der Waals surface area (Å²) in [4.78, 5) is 2.43.